The Morgan fingerprint density at radius 3 is 2.23 bits per heavy atom. The molecule has 1 aromatic rings. The van der Waals surface area contributed by atoms with E-state index in [2.05, 4.69) is 4.72 Å². The lowest BCUT2D eigenvalue weighted by atomic mass is 10.2. The van der Waals surface area contributed by atoms with Crippen LogP contribution in [0.5, 0.6) is 0 Å². The van der Waals surface area contributed by atoms with Crippen LogP contribution in [0.3, 0.4) is 0 Å². The van der Waals surface area contributed by atoms with Crippen molar-refractivity contribution in [3.8, 4) is 0 Å². The number of esters is 1. The van der Waals surface area contributed by atoms with Crippen molar-refractivity contribution in [1.29, 1.82) is 0 Å². The van der Waals surface area contributed by atoms with Crippen molar-refractivity contribution >= 4 is 25.8 Å². The lowest BCUT2D eigenvalue weighted by Gasteiger charge is -2.07. The molecule has 0 fully saturated rings. The second kappa shape index (κ2) is 7.70. The van der Waals surface area contributed by atoms with Crippen LogP contribution in [-0.4, -0.2) is 48.0 Å². The number of hydrogen-bond donors (Lipinski definition) is 1. The van der Waals surface area contributed by atoms with E-state index < -0.39 is 25.8 Å². The van der Waals surface area contributed by atoms with Crippen molar-refractivity contribution in [3.63, 3.8) is 0 Å². The maximum absolute atomic E-state index is 12.0. The number of sulfone groups is 1. The molecule has 0 aliphatic carbocycles. The average molecular weight is 349 g/mol. The zero-order valence-electron chi connectivity index (χ0n) is 12.4. The molecule has 9 heteroatoms. The molecule has 0 bridgehead atoms. The summed E-state index contributed by atoms with van der Waals surface area (Å²) in [7, 11) is -6.84. The van der Waals surface area contributed by atoms with Crippen LogP contribution < -0.4 is 4.72 Å². The summed E-state index contributed by atoms with van der Waals surface area (Å²) >= 11 is 0. The molecular weight excluding hydrogens is 330 g/mol. The number of benzene rings is 1. The minimum Gasteiger partial charge on any atom is -0.462 e. The average Bonchev–Trinajstić information content (AvgIpc) is 2.43. The molecule has 124 valence electrons. The minimum atomic E-state index is -3.73. The highest BCUT2D eigenvalue weighted by Crippen LogP contribution is 2.11. The third kappa shape index (κ3) is 6.12. The Hall–Kier alpha value is -1.45. The van der Waals surface area contributed by atoms with Gasteiger partial charge in [0.15, 0.2) is 0 Å². The summed E-state index contributed by atoms with van der Waals surface area (Å²) in [6.45, 7) is 1.94. The molecule has 0 spiro atoms. The molecule has 0 heterocycles. The minimum absolute atomic E-state index is 0.0000888. The molecule has 0 unspecified atom stereocenters. The van der Waals surface area contributed by atoms with Gasteiger partial charge < -0.3 is 4.74 Å². The predicted octanol–water partition coefficient (Wildman–Crippen LogP) is 0.576. The fourth-order valence-electron chi connectivity index (χ4n) is 1.61. The zero-order chi connectivity index (χ0) is 16.8. The standard InChI is InChI=1S/C13H19NO6S2/c1-3-20-13(15)11-5-7-12(8-6-11)22(18,19)14-9-4-10-21(2,16)17/h5-8,14H,3-4,9-10H2,1-2H3. The summed E-state index contributed by atoms with van der Waals surface area (Å²) in [4.78, 5) is 11.5. The molecule has 0 aliphatic heterocycles. The van der Waals surface area contributed by atoms with Crippen LogP contribution in [-0.2, 0) is 24.6 Å². The third-order valence-electron chi connectivity index (χ3n) is 2.66. The summed E-state index contributed by atoms with van der Waals surface area (Å²) < 4.78 is 53.0. The van der Waals surface area contributed by atoms with E-state index in [-0.39, 0.29) is 35.8 Å². The Labute approximate surface area is 130 Å². The quantitative estimate of drug-likeness (QED) is 0.543. The van der Waals surface area contributed by atoms with Gasteiger partial charge in [0.1, 0.15) is 9.84 Å². The van der Waals surface area contributed by atoms with E-state index >= 15 is 0 Å². The van der Waals surface area contributed by atoms with Crippen molar-refractivity contribution in [1.82, 2.24) is 4.72 Å². The topological polar surface area (TPSA) is 107 Å². The maximum Gasteiger partial charge on any atom is 0.338 e. The molecule has 0 aromatic heterocycles. The van der Waals surface area contributed by atoms with E-state index in [4.69, 9.17) is 4.74 Å². The SMILES string of the molecule is CCOC(=O)c1ccc(S(=O)(=O)NCCCS(C)(=O)=O)cc1. The predicted molar refractivity (Wildman–Crippen MR) is 81.9 cm³/mol. The summed E-state index contributed by atoms with van der Waals surface area (Å²) in [5.74, 6) is -0.607. The number of rotatable bonds is 8. The smallest absolute Gasteiger partial charge is 0.338 e. The fourth-order valence-corrected chi connectivity index (χ4v) is 3.35. The van der Waals surface area contributed by atoms with Crippen LogP contribution in [0.2, 0.25) is 0 Å². The fraction of sp³-hybridized carbons (Fsp3) is 0.462. The van der Waals surface area contributed by atoms with Crippen molar-refractivity contribution in [2.75, 3.05) is 25.2 Å². The molecule has 0 amide bonds. The van der Waals surface area contributed by atoms with E-state index in [0.29, 0.717) is 0 Å². The van der Waals surface area contributed by atoms with E-state index in [1.807, 2.05) is 0 Å². The van der Waals surface area contributed by atoms with Gasteiger partial charge >= 0.3 is 5.97 Å². The lowest BCUT2D eigenvalue weighted by molar-refractivity contribution is 0.0526. The number of sulfonamides is 1. The number of hydrogen-bond acceptors (Lipinski definition) is 6. The van der Waals surface area contributed by atoms with Crippen LogP contribution in [0.4, 0.5) is 0 Å². The molecule has 0 saturated heterocycles. The molecule has 0 aliphatic rings. The van der Waals surface area contributed by atoms with Crippen LogP contribution in [0.15, 0.2) is 29.2 Å². The Balaban J connectivity index is 2.67. The molecule has 1 rings (SSSR count). The Morgan fingerprint density at radius 1 is 1.14 bits per heavy atom. The van der Waals surface area contributed by atoms with Crippen LogP contribution >= 0.6 is 0 Å². The van der Waals surface area contributed by atoms with Gasteiger partial charge in [0.25, 0.3) is 0 Å². The summed E-state index contributed by atoms with van der Waals surface area (Å²) in [5.41, 5.74) is 0.262. The van der Waals surface area contributed by atoms with E-state index in [1.165, 1.54) is 24.3 Å². The van der Waals surface area contributed by atoms with E-state index in [0.717, 1.165) is 6.26 Å². The van der Waals surface area contributed by atoms with Gasteiger partial charge in [-0.2, -0.15) is 0 Å². The number of carbonyl (C=O) groups is 1. The van der Waals surface area contributed by atoms with Gasteiger partial charge in [-0.1, -0.05) is 0 Å². The molecule has 1 N–H and O–H groups in total. The lowest BCUT2D eigenvalue weighted by Crippen LogP contribution is -2.26. The van der Waals surface area contributed by atoms with Crippen LogP contribution in [0.25, 0.3) is 0 Å². The Kier molecular flexibility index (Phi) is 6.51. The van der Waals surface area contributed by atoms with Gasteiger partial charge in [0, 0.05) is 12.8 Å². The summed E-state index contributed by atoms with van der Waals surface area (Å²) in [6, 6.07) is 5.32. The molecule has 22 heavy (non-hydrogen) atoms. The van der Waals surface area contributed by atoms with Crippen LogP contribution in [0.1, 0.15) is 23.7 Å². The molecule has 1 aromatic carbocycles. The first-order chi connectivity index (χ1) is 10.2. The third-order valence-corrected chi connectivity index (χ3v) is 5.17. The van der Waals surface area contributed by atoms with Gasteiger partial charge in [-0.05, 0) is 37.6 Å². The van der Waals surface area contributed by atoms with Crippen molar-refractivity contribution in [2.45, 2.75) is 18.2 Å². The van der Waals surface area contributed by atoms with Crippen LogP contribution in [0, 0.1) is 0 Å². The molecule has 0 radical (unpaired) electrons. The van der Waals surface area contributed by atoms with Gasteiger partial charge in [-0.15, -0.1) is 0 Å². The highest BCUT2D eigenvalue weighted by atomic mass is 32.2. The maximum atomic E-state index is 12.0. The molecule has 7 nitrogen and oxygen atoms in total. The normalized spacial score (nSPS) is 12.1. The van der Waals surface area contributed by atoms with Gasteiger partial charge in [0.2, 0.25) is 10.0 Å². The van der Waals surface area contributed by atoms with Crippen molar-refractivity contribution < 1.29 is 26.4 Å². The van der Waals surface area contributed by atoms with Gasteiger partial charge in [-0.25, -0.2) is 26.4 Å². The first kappa shape index (κ1) is 18.6. The van der Waals surface area contributed by atoms with Crippen molar-refractivity contribution in [2.24, 2.45) is 0 Å². The van der Waals surface area contributed by atoms with E-state index in [1.54, 1.807) is 6.92 Å². The molecule has 0 atom stereocenters. The highest BCUT2D eigenvalue weighted by molar-refractivity contribution is 7.90. The molecule has 0 saturated carbocycles. The Morgan fingerprint density at radius 2 is 1.73 bits per heavy atom. The monoisotopic (exact) mass is 349 g/mol. The van der Waals surface area contributed by atoms with Crippen molar-refractivity contribution in [3.05, 3.63) is 29.8 Å². The highest BCUT2D eigenvalue weighted by Gasteiger charge is 2.15. The van der Waals surface area contributed by atoms with Gasteiger partial charge in [-0.3, -0.25) is 0 Å². The zero-order valence-corrected chi connectivity index (χ0v) is 14.0. The van der Waals surface area contributed by atoms with Gasteiger partial charge in [0.05, 0.1) is 22.8 Å². The molecular formula is C13H19NO6S2. The first-order valence-electron chi connectivity index (χ1n) is 6.60. The largest absolute Gasteiger partial charge is 0.462 e. The number of carbonyl (C=O) groups excluding carboxylic acids is 1. The first-order valence-corrected chi connectivity index (χ1v) is 10.1. The van der Waals surface area contributed by atoms with E-state index in [9.17, 15) is 21.6 Å². The summed E-state index contributed by atoms with van der Waals surface area (Å²) in [5, 5.41) is 0. The second-order valence-electron chi connectivity index (χ2n) is 4.63. The summed E-state index contributed by atoms with van der Waals surface area (Å²) in [6.07, 6.45) is 1.29. The second-order valence-corrected chi connectivity index (χ2v) is 8.65. The number of nitrogens with one attached hydrogen (secondary N) is 1. The number of ether oxygens (including phenoxy) is 1. The Bertz CT molecular complexity index is 707.